The second kappa shape index (κ2) is 11.0. The normalized spacial score (nSPS) is 11.9. The smallest absolute Gasteiger partial charge is 0.229 e. The number of anilines is 1. The molecule has 0 fully saturated rings. The minimum atomic E-state index is -3.52. The Balaban J connectivity index is 1.82. The Morgan fingerprint density at radius 1 is 1.00 bits per heavy atom. The summed E-state index contributed by atoms with van der Waals surface area (Å²) in [6, 6.07) is 14.4. The number of thiazole rings is 1. The van der Waals surface area contributed by atoms with Gasteiger partial charge in [0.25, 0.3) is 0 Å². The lowest BCUT2D eigenvalue weighted by Crippen LogP contribution is -2.39. The molecule has 0 spiro atoms. The fourth-order valence-corrected chi connectivity index (χ4v) is 5.83. The molecule has 6 nitrogen and oxygen atoms in total. The SMILES string of the molecule is CCc1ccc2nc(N(CCN(CC)CC)C(=O)CCS(=O)(=O)c3ccccc3)sc2c1. The van der Waals surface area contributed by atoms with Gasteiger partial charge in [0, 0.05) is 19.5 Å². The number of aromatic nitrogens is 1. The number of amides is 1. The van der Waals surface area contributed by atoms with E-state index in [9.17, 15) is 13.2 Å². The third-order valence-electron chi connectivity index (χ3n) is 5.60. The molecule has 2 aromatic carbocycles. The number of hydrogen-bond donors (Lipinski definition) is 0. The molecular weight excluding hydrogens is 442 g/mol. The summed E-state index contributed by atoms with van der Waals surface area (Å²) in [6.45, 7) is 9.25. The van der Waals surface area contributed by atoms with Crippen molar-refractivity contribution in [3.05, 3.63) is 54.1 Å². The van der Waals surface area contributed by atoms with E-state index in [2.05, 4.69) is 37.8 Å². The van der Waals surface area contributed by atoms with Crippen molar-refractivity contribution in [3.63, 3.8) is 0 Å². The third kappa shape index (κ3) is 5.94. The standard InChI is InChI=1S/C24H31N3O3S2/c1-4-19-12-13-21-22(18-19)31-24(25-21)27(16-15-26(5-2)6-3)23(28)14-17-32(29,30)20-10-8-7-9-11-20/h7-13,18H,4-6,14-17H2,1-3H3. The van der Waals surface area contributed by atoms with Gasteiger partial charge in [-0.1, -0.05) is 56.4 Å². The van der Waals surface area contributed by atoms with Crippen molar-refractivity contribution < 1.29 is 13.2 Å². The highest BCUT2D eigenvalue weighted by Crippen LogP contribution is 2.30. The third-order valence-corrected chi connectivity index (χ3v) is 8.38. The fraction of sp³-hybridized carbons (Fsp3) is 0.417. The number of rotatable bonds is 11. The molecular formula is C24H31N3O3S2. The number of sulfone groups is 1. The van der Waals surface area contributed by atoms with Crippen LogP contribution in [0.4, 0.5) is 5.13 Å². The Labute approximate surface area is 194 Å². The van der Waals surface area contributed by atoms with Gasteiger partial charge in [0.05, 0.1) is 20.9 Å². The van der Waals surface area contributed by atoms with E-state index in [0.29, 0.717) is 18.2 Å². The van der Waals surface area contributed by atoms with Gasteiger partial charge < -0.3 is 4.90 Å². The molecule has 8 heteroatoms. The van der Waals surface area contributed by atoms with Crippen LogP contribution in [0.25, 0.3) is 10.2 Å². The second-order valence-electron chi connectivity index (χ2n) is 7.61. The second-order valence-corrected chi connectivity index (χ2v) is 10.7. The van der Waals surface area contributed by atoms with Crippen LogP contribution in [0.3, 0.4) is 0 Å². The molecule has 3 aromatic rings. The Morgan fingerprint density at radius 3 is 2.38 bits per heavy atom. The molecule has 3 rings (SSSR count). The average molecular weight is 474 g/mol. The van der Waals surface area contributed by atoms with Gasteiger partial charge in [-0.05, 0) is 49.3 Å². The predicted molar refractivity (Wildman–Crippen MR) is 132 cm³/mol. The highest BCUT2D eigenvalue weighted by Gasteiger charge is 2.23. The number of likely N-dealkylation sites (N-methyl/N-ethyl adjacent to an activating group) is 1. The number of carbonyl (C=O) groups excluding carboxylic acids is 1. The zero-order chi connectivity index (χ0) is 23.1. The van der Waals surface area contributed by atoms with Gasteiger partial charge in [0.15, 0.2) is 15.0 Å². The Kier molecular flexibility index (Phi) is 8.39. The van der Waals surface area contributed by atoms with Crippen molar-refractivity contribution >= 4 is 42.4 Å². The maximum Gasteiger partial charge on any atom is 0.229 e. The minimum Gasteiger partial charge on any atom is -0.302 e. The number of nitrogens with zero attached hydrogens (tertiary/aromatic N) is 3. The molecule has 0 radical (unpaired) electrons. The van der Waals surface area contributed by atoms with Crippen LogP contribution in [0, 0.1) is 0 Å². The van der Waals surface area contributed by atoms with E-state index in [1.54, 1.807) is 35.2 Å². The summed E-state index contributed by atoms with van der Waals surface area (Å²) < 4.78 is 26.4. The lowest BCUT2D eigenvalue weighted by atomic mass is 10.2. The molecule has 0 N–H and O–H groups in total. The van der Waals surface area contributed by atoms with Gasteiger partial charge in [-0.25, -0.2) is 13.4 Å². The van der Waals surface area contributed by atoms with E-state index in [1.807, 2.05) is 6.07 Å². The molecule has 0 aliphatic heterocycles. The Bertz CT molecular complexity index is 1140. The van der Waals surface area contributed by atoms with Crippen molar-refractivity contribution in [3.8, 4) is 0 Å². The molecule has 172 valence electrons. The molecule has 0 aliphatic rings. The number of benzene rings is 2. The Hall–Kier alpha value is -2.29. The number of carbonyl (C=O) groups is 1. The van der Waals surface area contributed by atoms with Crippen LogP contribution in [0.15, 0.2) is 53.4 Å². The topological polar surface area (TPSA) is 70.6 Å². The van der Waals surface area contributed by atoms with Crippen molar-refractivity contribution in [2.75, 3.05) is 36.8 Å². The highest BCUT2D eigenvalue weighted by atomic mass is 32.2. The zero-order valence-electron chi connectivity index (χ0n) is 19.0. The first-order valence-electron chi connectivity index (χ1n) is 11.1. The van der Waals surface area contributed by atoms with Crippen molar-refractivity contribution in [1.29, 1.82) is 0 Å². The summed E-state index contributed by atoms with van der Waals surface area (Å²) in [5.74, 6) is -0.436. The monoisotopic (exact) mass is 473 g/mol. The average Bonchev–Trinajstić information content (AvgIpc) is 3.23. The van der Waals surface area contributed by atoms with E-state index in [-0.39, 0.29) is 23.0 Å². The quantitative estimate of drug-likeness (QED) is 0.413. The van der Waals surface area contributed by atoms with Crippen LogP contribution in [-0.4, -0.2) is 56.1 Å². The van der Waals surface area contributed by atoms with E-state index < -0.39 is 9.84 Å². The van der Waals surface area contributed by atoms with Crippen LogP contribution in [-0.2, 0) is 21.1 Å². The fourth-order valence-electron chi connectivity index (χ4n) is 3.50. The van der Waals surface area contributed by atoms with E-state index in [1.165, 1.54) is 16.9 Å². The molecule has 0 unspecified atom stereocenters. The Morgan fingerprint density at radius 2 is 1.72 bits per heavy atom. The molecule has 1 amide bonds. The molecule has 1 heterocycles. The highest BCUT2D eigenvalue weighted by molar-refractivity contribution is 7.91. The van der Waals surface area contributed by atoms with Crippen LogP contribution >= 0.6 is 11.3 Å². The van der Waals surface area contributed by atoms with Crippen molar-refractivity contribution in [2.24, 2.45) is 0 Å². The van der Waals surface area contributed by atoms with Crippen LogP contribution in [0.1, 0.15) is 32.8 Å². The lowest BCUT2D eigenvalue weighted by molar-refractivity contribution is -0.118. The van der Waals surface area contributed by atoms with Crippen molar-refractivity contribution in [2.45, 2.75) is 38.5 Å². The van der Waals surface area contributed by atoms with Gasteiger partial charge in [-0.15, -0.1) is 0 Å². The van der Waals surface area contributed by atoms with Gasteiger partial charge in [0.1, 0.15) is 0 Å². The first kappa shape index (κ1) is 24.4. The first-order valence-corrected chi connectivity index (χ1v) is 13.5. The molecule has 0 atom stereocenters. The van der Waals surface area contributed by atoms with Gasteiger partial charge in [-0.2, -0.15) is 0 Å². The predicted octanol–water partition coefficient (Wildman–Crippen LogP) is 4.40. The molecule has 1 aromatic heterocycles. The summed E-state index contributed by atoms with van der Waals surface area (Å²) in [4.78, 5) is 22.1. The van der Waals surface area contributed by atoms with Crippen LogP contribution in [0.2, 0.25) is 0 Å². The van der Waals surface area contributed by atoms with E-state index in [0.717, 1.165) is 29.7 Å². The van der Waals surface area contributed by atoms with Crippen LogP contribution < -0.4 is 4.90 Å². The van der Waals surface area contributed by atoms with Gasteiger partial charge in [0.2, 0.25) is 5.91 Å². The summed E-state index contributed by atoms with van der Waals surface area (Å²) in [5.41, 5.74) is 2.09. The molecule has 0 aliphatic carbocycles. The summed E-state index contributed by atoms with van der Waals surface area (Å²) in [7, 11) is -3.52. The van der Waals surface area contributed by atoms with E-state index >= 15 is 0 Å². The number of aryl methyl sites for hydroxylation is 1. The number of hydrogen-bond acceptors (Lipinski definition) is 6. The van der Waals surface area contributed by atoms with E-state index in [4.69, 9.17) is 4.98 Å². The molecule has 32 heavy (non-hydrogen) atoms. The maximum atomic E-state index is 13.2. The lowest BCUT2D eigenvalue weighted by Gasteiger charge is -2.24. The number of fused-ring (bicyclic) bond motifs is 1. The maximum absolute atomic E-state index is 13.2. The largest absolute Gasteiger partial charge is 0.302 e. The summed E-state index contributed by atoms with van der Waals surface area (Å²) in [6.07, 6.45) is 0.858. The van der Waals surface area contributed by atoms with Gasteiger partial charge in [-0.3, -0.25) is 9.69 Å². The van der Waals surface area contributed by atoms with Gasteiger partial charge >= 0.3 is 0 Å². The molecule has 0 bridgehead atoms. The minimum absolute atomic E-state index is 0.0778. The summed E-state index contributed by atoms with van der Waals surface area (Å²) >= 11 is 1.49. The molecule has 0 saturated heterocycles. The zero-order valence-corrected chi connectivity index (χ0v) is 20.6. The van der Waals surface area contributed by atoms with Crippen LogP contribution in [0.5, 0.6) is 0 Å². The van der Waals surface area contributed by atoms with Crippen molar-refractivity contribution in [1.82, 2.24) is 9.88 Å². The summed E-state index contributed by atoms with van der Waals surface area (Å²) in [5, 5.41) is 0.627. The first-order chi connectivity index (χ1) is 15.4. The molecule has 0 saturated carbocycles.